The fourth-order valence-corrected chi connectivity index (χ4v) is 1.53. The molecule has 0 aliphatic heterocycles. The molecule has 0 radical (unpaired) electrons. The predicted molar refractivity (Wildman–Crippen MR) is 67.1 cm³/mol. The van der Waals surface area contributed by atoms with Gasteiger partial charge >= 0.3 is 11.7 Å². The summed E-state index contributed by atoms with van der Waals surface area (Å²) in [6.07, 6.45) is 1.62. The van der Waals surface area contributed by atoms with Gasteiger partial charge in [0.25, 0.3) is 0 Å². The van der Waals surface area contributed by atoms with Crippen LogP contribution in [0.15, 0.2) is 35.3 Å². The molecule has 1 aromatic heterocycles. The SMILES string of the molecule is CCC(=O)On1c(-c2ccc(C#N)cc2)c[nH]c1=O. The Kier molecular flexibility index (Phi) is 3.48. The number of nitrogens with one attached hydrogen (secondary N) is 1. The second kappa shape index (κ2) is 5.23. The predicted octanol–water partition coefficient (Wildman–Crippen LogP) is 1.08. The molecule has 1 heterocycles. The van der Waals surface area contributed by atoms with E-state index in [2.05, 4.69) is 4.98 Å². The molecule has 1 aromatic carbocycles. The Balaban J connectivity index is 2.42. The second-order valence-corrected chi connectivity index (χ2v) is 3.78. The van der Waals surface area contributed by atoms with Crippen LogP contribution in [0, 0.1) is 11.3 Å². The third kappa shape index (κ3) is 2.55. The van der Waals surface area contributed by atoms with E-state index in [-0.39, 0.29) is 6.42 Å². The van der Waals surface area contributed by atoms with Gasteiger partial charge < -0.3 is 9.82 Å². The van der Waals surface area contributed by atoms with Gasteiger partial charge in [0.15, 0.2) is 0 Å². The number of rotatable bonds is 3. The molecule has 0 aliphatic carbocycles. The molecule has 2 rings (SSSR count). The van der Waals surface area contributed by atoms with E-state index in [1.807, 2.05) is 6.07 Å². The van der Waals surface area contributed by atoms with Crippen molar-refractivity contribution in [1.82, 2.24) is 9.71 Å². The molecule has 0 bridgehead atoms. The van der Waals surface area contributed by atoms with Crippen LogP contribution in [0.25, 0.3) is 11.3 Å². The Morgan fingerprint density at radius 3 is 2.68 bits per heavy atom. The van der Waals surface area contributed by atoms with Crippen molar-refractivity contribution in [2.45, 2.75) is 13.3 Å². The second-order valence-electron chi connectivity index (χ2n) is 3.78. The summed E-state index contributed by atoms with van der Waals surface area (Å²) in [7, 11) is 0. The number of nitriles is 1. The Labute approximate surface area is 108 Å². The van der Waals surface area contributed by atoms with Crippen LogP contribution in [-0.4, -0.2) is 15.7 Å². The molecule has 6 heteroatoms. The van der Waals surface area contributed by atoms with Gasteiger partial charge in [0, 0.05) is 18.2 Å². The molecule has 96 valence electrons. The first-order chi connectivity index (χ1) is 9.15. The van der Waals surface area contributed by atoms with Gasteiger partial charge in [-0.05, 0) is 12.1 Å². The van der Waals surface area contributed by atoms with E-state index in [1.165, 1.54) is 6.20 Å². The third-order valence-electron chi connectivity index (χ3n) is 2.53. The minimum absolute atomic E-state index is 0.171. The summed E-state index contributed by atoms with van der Waals surface area (Å²) in [5.41, 5.74) is 1.08. The van der Waals surface area contributed by atoms with Gasteiger partial charge in [-0.3, -0.25) is 0 Å². The van der Waals surface area contributed by atoms with Gasteiger partial charge in [-0.2, -0.15) is 5.26 Å². The lowest BCUT2D eigenvalue weighted by molar-refractivity contribution is -0.144. The van der Waals surface area contributed by atoms with Crippen molar-refractivity contribution in [1.29, 1.82) is 5.26 Å². The molecule has 2 aromatic rings. The summed E-state index contributed by atoms with van der Waals surface area (Å²) in [6, 6.07) is 8.61. The standard InChI is InChI=1S/C13H11N3O3/c1-2-12(17)19-16-11(8-15-13(16)18)10-5-3-9(7-14)4-6-10/h3-6,8H,2H2,1H3,(H,15,18). The number of H-pyrrole nitrogens is 1. The highest BCUT2D eigenvalue weighted by Gasteiger charge is 2.12. The van der Waals surface area contributed by atoms with E-state index in [0.717, 1.165) is 4.73 Å². The van der Waals surface area contributed by atoms with Crippen molar-refractivity contribution < 1.29 is 9.63 Å². The van der Waals surface area contributed by atoms with Gasteiger partial charge in [-0.1, -0.05) is 19.1 Å². The molecule has 0 fully saturated rings. The number of benzene rings is 1. The highest BCUT2D eigenvalue weighted by atomic mass is 16.7. The largest absolute Gasteiger partial charge is 0.359 e. The summed E-state index contributed by atoms with van der Waals surface area (Å²) in [5.74, 6) is -0.503. The first-order valence-electron chi connectivity index (χ1n) is 5.68. The van der Waals surface area contributed by atoms with Crippen LogP contribution in [0.3, 0.4) is 0 Å². The minimum Gasteiger partial charge on any atom is -0.332 e. The lowest BCUT2D eigenvalue weighted by Crippen LogP contribution is -2.29. The maximum atomic E-state index is 11.6. The van der Waals surface area contributed by atoms with Gasteiger partial charge in [-0.15, -0.1) is 4.73 Å². The fraction of sp³-hybridized carbons (Fsp3) is 0.154. The lowest BCUT2D eigenvalue weighted by Gasteiger charge is -2.06. The molecular weight excluding hydrogens is 246 g/mol. The highest BCUT2D eigenvalue weighted by molar-refractivity contribution is 5.70. The van der Waals surface area contributed by atoms with Crippen LogP contribution >= 0.6 is 0 Å². The molecule has 0 saturated heterocycles. The molecule has 19 heavy (non-hydrogen) atoms. The maximum absolute atomic E-state index is 11.6. The first kappa shape index (κ1) is 12.6. The maximum Gasteiger partial charge on any atom is 0.359 e. The molecule has 0 unspecified atom stereocenters. The van der Waals surface area contributed by atoms with Crippen molar-refractivity contribution in [3.63, 3.8) is 0 Å². The first-order valence-corrected chi connectivity index (χ1v) is 5.68. The van der Waals surface area contributed by atoms with E-state index in [4.69, 9.17) is 10.1 Å². The van der Waals surface area contributed by atoms with Gasteiger partial charge in [0.05, 0.1) is 11.6 Å². The number of imidazole rings is 1. The number of hydrogen-bond donors (Lipinski definition) is 1. The number of hydrogen-bond acceptors (Lipinski definition) is 4. The zero-order valence-corrected chi connectivity index (χ0v) is 10.2. The summed E-state index contributed by atoms with van der Waals surface area (Å²) < 4.78 is 0.910. The molecule has 0 saturated carbocycles. The third-order valence-corrected chi connectivity index (χ3v) is 2.53. The van der Waals surface area contributed by atoms with Crippen LogP contribution in [-0.2, 0) is 4.79 Å². The topological polar surface area (TPSA) is 87.9 Å². The van der Waals surface area contributed by atoms with Gasteiger partial charge in [-0.25, -0.2) is 9.59 Å². The summed E-state index contributed by atoms with van der Waals surface area (Å²) >= 11 is 0. The summed E-state index contributed by atoms with van der Waals surface area (Å²) in [6.45, 7) is 1.64. The number of aromatic nitrogens is 2. The Bertz CT molecular complexity index is 689. The van der Waals surface area contributed by atoms with Crippen molar-refractivity contribution in [2.75, 3.05) is 0 Å². The Morgan fingerprint density at radius 2 is 2.11 bits per heavy atom. The quantitative estimate of drug-likeness (QED) is 0.891. The fourth-order valence-electron chi connectivity index (χ4n) is 1.53. The normalized spacial score (nSPS) is 9.89. The molecule has 0 amide bonds. The van der Waals surface area contributed by atoms with Gasteiger partial charge in [0.2, 0.25) is 0 Å². The van der Waals surface area contributed by atoms with Crippen molar-refractivity contribution in [3.05, 3.63) is 46.5 Å². The lowest BCUT2D eigenvalue weighted by atomic mass is 10.1. The molecule has 6 nitrogen and oxygen atoms in total. The van der Waals surface area contributed by atoms with E-state index >= 15 is 0 Å². The van der Waals surface area contributed by atoms with Crippen LogP contribution < -0.4 is 10.5 Å². The molecular formula is C13H11N3O3. The minimum atomic E-state index is -0.527. The van der Waals surface area contributed by atoms with Crippen LogP contribution in [0.2, 0.25) is 0 Å². The smallest absolute Gasteiger partial charge is 0.332 e. The zero-order chi connectivity index (χ0) is 13.8. The van der Waals surface area contributed by atoms with E-state index < -0.39 is 11.7 Å². The highest BCUT2D eigenvalue weighted by Crippen LogP contribution is 2.17. The van der Waals surface area contributed by atoms with Crippen LogP contribution in [0.5, 0.6) is 0 Å². The number of nitrogens with zero attached hydrogens (tertiary/aromatic N) is 2. The number of carbonyl (C=O) groups is 1. The Hall–Kier alpha value is -2.81. The summed E-state index contributed by atoms with van der Waals surface area (Å²) in [4.78, 5) is 30.2. The van der Waals surface area contributed by atoms with Crippen LogP contribution in [0.1, 0.15) is 18.9 Å². The van der Waals surface area contributed by atoms with E-state index in [0.29, 0.717) is 16.8 Å². The average molecular weight is 257 g/mol. The molecule has 0 aliphatic rings. The number of carbonyl (C=O) groups excluding carboxylic acids is 1. The van der Waals surface area contributed by atoms with Crippen molar-refractivity contribution in [3.8, 4) is 17.3 Å². The molecule has 0 atom stereocenters. The van der Waals surface area contributed by atoms with Crippen LogP contribution in [0.4, 0.5) is 0 Å². The monoisotopic (exact) mass is 257 g/mol. The van der Waals surface area contributed by atoms with E-state index in [9.17, 15) is 9.59 Å². The number of aromatic amines is 1. The average Bonchev–Trinajstić information content (AvgIpc) is 2.80. The van der Waals surface area contributed by atoms with Gasteiger partial charge in [0.1, 0.15) is 5.69 Å². The Morgan fingerprint density at radius 1 is 1.42 bits per heavy atom. The zero-order valence-electron chi connectivity index (χ0n) is 10.2. The molecule has 1 N–H and O–H groups in total. The van der Waals surface area contributed by atoms with Crippen molar-refractivity contribution in [2.24, 2.45) is 0 Å². The van der Waals surface area contributed by atoms with E-state index in [1.54, 1.807) is 31.2 Å². The summed E-state index contributed by atoms with van der Waals surface area (Å²) in [5, 5.41) is 8.73. The molecule has 0 spiro atoms. The van der Waals surface area contributed by atoms with Crippen molar-refractivity contribution >= 4 is 5.97 Å².